The number of carbonyl (C=O) groups excluding carboxylic acids is 2. The number of nitrogens with zero attached hydrogens (tertiary/aromatic N) is 2. The lowest BCUT2D eigenvalue weighted by Gasteiger charge is -2.23. The largest absolute Gasteiger partial charge is 0.507 e. The van der Waals surface area contributed by atoms with Crippen molar-refractivity contribution < 1.29 is 23.8 Å². The van der Waals surface area contributed by atoms with E-state index in [-0.39, 0.29) is 11.3 Å². The first-order chi connectivity index (χ1) is 14.5. The molecule has 1 N–H and O–H groups in total. The molecule has 6 nitrogen and oxygen atoms in total. The van der Waals surface area contributed by atoms with Crippen LogP contribution in [-0.4, -0.2) is 28.4 Å². The maximum atomic E-state index is 13.5. The zero-order valence-electron chi connectivity index (χ0n) is 15.9. The number of amides is 1. The molecular weight excluding hydrogens is 407 g/mol. The number of anilines is 1. The van der Waals surface area contributed by atoms with Crippen LogP contribution in [-0.2, 0) is 9.59 Å². The molecule has 0 spiro atoms. The highest BCUT2D eigenvalue weighted by Crippen LogP contribution is 2.42. The van der Waals surface area contributed by atoms with Gasteiger partial charge in [0.25, 0.3) is 5.78 Å². The zero-order chi connectivity index (χ0) is 21.3. The number of ether oxygens (including phenoxy) is 1. The number of aliphatic hydroxyl groups is 1. The number of benzene rings is 2. The van der Waals surface area contributed by atoms with Crippen LogP contribution in [0.3, 0.4) is 0 Å². The Kier molecular flexibility index (Phi) is 5.33. The van der Waals surface area contributed by atoms with Crippen LogP contribution in [0.25, 0.3) is 5.76 Å². The van der Waals surface area contributed by atoms with E-state index >= 15 is 0 Å². The minimum Gasteiger partial charge on any atom is -0.507 e. The van der Waals surface area contributed by atoms with E-state index < -0.39 is 23.5 Å². The predicted octanol–water partition coefficient (Wildman–Crippen LogP) is 4.31. The highest BCUT2D eigenvalue weighted by atomic mass is 32.1. The number of halogens is 1. The Morgan fingerprint density at radius 2 is 1.87 bits per heavy atom. The Morgan fingerprint density at radius 3 is 2.47 bits per heavy atom. The number of aromatic nitrogens is 1. The quantitative estimate of drug-likeness (QED) is 0.375. The van der Waals surface area contributed by atoms with Gasteiger partial charge in [0.05, 0.1) is 18.2 Å². The molecule has 1 atom stereocenters. The molecule has 30 heavy (non-hydrogen) atoms. The fourth-order valence-corrected chi connectivity index (χ4v) is 4.02. The summed E-state index contributed by atoms with van der Waals surface area (Å²) in [5.74, 6) is -1.77. The first-order valence-electron chi connectivity index (χ1n) is 9.20. The third-order valence-corrected chi connectivity index (χ3v) is 5.47. The molecule has 1 amide bonds. The van der Waals surface area contributed by atoms with Crippen LogP contribution in [0, 0.1) is 5.82 Å². The monoisotopic (exact) mass is 424 g/mol. The van der Waals surface area contributed by atoms with Gasteiger partial charge in [-0.15, -0.1) is 11.3 Å². The fourth-order valence-electron chi connectivity index (χ4n) is 3.36. The number of rotatable bonds is 5. The molecule has 152 valence electrons. The molecule has 2 heterocycles. The number of aliphatic hydroxyl groups excluding tert-OH is 1. The Bertz CT molecular complexity index is 1110. The number of thiazole rings is 1. The van der Waals surface area contributed by atoms with Crippen molar-refractivity contribution in [3.8, 4) is 5.75 Å². The van der Waals surface area contributed by atoms with Crippen molar-refractivity contribution >= 4 is 33.9 Å². The van der Waals surface area contributed by atoms with Gasteiger partial charge in [-0.1, -0.05) is 12.1 Å². The SMILES string of the molecule is CCOc1ccc(C(O)=C2C(=O)C(=O)N(c3nccs3)[C@@H]2c2ccc(F)cc2)cc1. The summed E-state index contributed by atoms with van der Waals surface area (Å²) in [5.41, 5.74) is 0.770. The lowest BCUT2D eigenvalue weighted by Crippen LogP contribution is -2.29. The average molecular weight is 424 g/mol. The molecule has 0 bridgehead atoms. The minimum atomic E-state index is -0.927. The molecule has 1 aliphatic rings. The molecule has 1 aliphatic heterocycles. The van der Waals surface area contributed by atoms with E-state index in [9.17, 15) is 19.1 Å². The molecule has 3 aromatic rings. The van der Waals surface area contributed by atoms with E-state index in [4.69, 9.17) is 4.74 Å². The summed E-state index contributed by atoms with van der Waals surface area (Å²) in [6, 6.07) is 11.1. The first-order valence-corrected chi connectivity index (χ1v) is 10.1. The van der Waals surface area contributed by atoms with Crippen molar-refractivity contribution in [1.29, 1.82) is 0 Å². The Balaban J connectivity index is 1.86. The number of hydrogen-bond acceptors (Lipinski definition) is 6. The van der Waals surface area contributed by atoms with E-state index in [0.717, 1.165) is 0 Å². The molecule has 1 fully saturated rings. The van der Waals surface area contributed by atoms with Gasteiger partial charge in [-0.05, 0) is 48.9 Å². The molecule has 2 aromatic carbocycles. The summed E-state index contributed by atoms with van der Waals surface area (Å²) in [4.78, 5) is 31.1. The van der Waals surface area contributed by atoms with Gasteiger partial charge in [-0.2, -0.15) is 0 Å². The van der Waals surface area contributed by atoms with Crippen molar-refractivity contribution in [1.82, 2.24) is 4.98 Å². The maximum absolute atomic E-state index is 13.5. The summed E-state index contributed by atoms with van der Waals surface area (Å²) in [6.07, 6.45) is 1.52. The van der Waals surface area contributed by atoms with Crippen molar-refractivity contribution in [2.45, 2.75) is 13.0 Å². The normalized spacial score (nSPS) is 18.1. The Morgan fingerprint density at radius 1 is 1.17 bits per heavy atom. The topological polar surface area (TPSA) is 79.7 Å². The van der Waals surface area contributed by atoms with E-state index in [1.165, 1.54) is 46.7 Å². The summed E-state index contributed by atoms with van der Waals surface area (Å²) in [5, 5.41) is 13.0. The summed E-state index contributed by atoms with van der Waals surface area (Å²) >= 11 is 1.19. The van der Waals surface area contributed by atoms with Crippen LogP contribution in [0.5, 0.6) is 5.75 Å². The van der Waals surface area contributed by atoms with Crippen LogP contribution in [0.4, 0.5) is 9.52 Å². The highest BCUT2D eigenvalue weighted by Gasteiger charge is 2.47. The van der Waals surface area contributed by atoms with E-state index in [2.05, 4.69) is 4.98 Å². The van der Waals surface area contributed by atoms with Crippen molar-refractivity contribution in [3.05, 3.63) is 82.6 Å². The van der Waals surface area contributed by atoms with Gasteiger partial charge in [0.1, 0.15) is 17.3 Å². The second-order valence-electron chi connectivity index (χ2n) is 6.49. The van der Waals surface area contributed by atoms with Gasteiger partial charge in [-0.3, -0.25) is 14.5 Å². The number of carbonyl (C=O) groups is 2. The molecule has 0 radical (unpaired) electrons. The molecule has 1 aromatic heterocycles. The van der Waals surface area contributed by atoms with Crippen LogP contribution >= 0.6 is 11.3 Å². The predicted molar refractivity (Wildman–Crippen MR) is 111 cm³/mol. The van der Waals surface area contributed by atoms with Gasteiger partial charge >= 0.3 is 5.91 Å². The van der Waals surface area contributed by atoms with Gasteiger partial charge in [-0.25, -0.2) is 9.37 Å². The standard InChI is InChI=1S/C22H17FN2O4S/c1-2-29-16-9-5-14(6-10-16)19(26)17-18(13-3-7-15(23)8-4-13)25(21(28)20(17)27)22-24-11-12-30-22/h3-12,18,26H,2H2,1H3/t18-/m1/s1. The van der Waals surface area contributed by atoms with Crippen LogP contribution < -0.4 is 9.64 Å². The van der Waals surface area contributed by atoms with Gasteiger partial charge in [0.15, 0.2) is 5.13 Å². The maximum Gasteiger partial charge on any atom is 0.301 e. The Hall–Kier alpha value is -3.52. The summed E-state index contributed by atoms with van der Waals surface area (Å²) in [6.45, 7) is 2.35. The van der Waals surface area contributed by atoms with Gasteiger partial charge in [0, 0.05) is 17.1 Å². The van der Waals surface area contributed by atoms with E-state index in [0.29, 0.717) is 28.6 Å². The van der Waals surface area contributed by atoms with Crippen molar-refractivity contribution in [2.24, 2.45) is 0 Å². The second-order valence-corrected chi connectivity index (χ2v) is 7.37. The minimum absolute atomic E-state index is 0.0778. The van der Waals surface area contributed by atoms with Crippen LogP contribution in [0.2, 0.25) is 0 Å². The molecule has 1 saturated heterocycles. The van der Waals surface area contributed by atoms with Crippen molar-refractivity contribution in [3.63, 3.8) is 0 Å². The molecule has 0 unspecified atom stereocenters. The van der Waals surface area contributed by atoms with E-state index in [1.54, 1.807) is 29.6 Å². The van der Waals surface area contributed by atoms with Crippen LogP contribution in [0.1, 0.15) is 24.1 Å². The smallest absolute Gasteiger partial charge is 0.301 e. The lowest BCUT2D eigenvalue weighted by atomic mass is 9.95. The number of hydrogen-bond donors (Lipinski definition) is 1. The van der Waals surface area contributed by atoms with Gasteiger partial charge in [0.2, 0.25) is 0 Å². The highest BCUT2D eigenvalue weighted by molar-refractivity contribution is 7.14. The third-order valence-electron chi connectivity index (χ3n) is 4.69. The molecule has 0 aliphatic carbocycles. The molecule has 0 saturated carbocycles. The first kappa shape index (κ1) is 19.8. The fraction of sp³-hybridized carbons (Fsp3) is 0.136. The summed E-state index contributed by atoms with van der Waals surface area (Å²) < 4.78 is 18.9. The van der Waals surface area contributed by atoms with Gasteiger partial charge < -0.3 is 9.84 Å². The number of ketones is 1. The summed E-state index contributed by atoms with van der Waals surface area (Å²) in [7, 11) is 0. The third kappa shape index (κ3) is 3.46. The second kappa shape index (κ2) is 8.08. The van der Waals surface area contributed by atoms with E-state index in [1.807, 2.05) is 6.92 Å². The zero-order valence-corrected chi connectivity index (χ0v) is 16.7. The lowest BCUT2D eigenvalue weighted by molar-refractivity contribution is -0.132. The van der Waals surface area contributed by atoms with Crippen molar-refractivity contribution in [2.75, 3.05) is 11.5 Å². The number of Topliss-reactive ketones (excluding diaryl/α,β-unsaturated/α-hetero) is 1. The average Bonchev–Trinajstić information content (AvgIpc) is 3.36. The molecule has 4 rings (SSSR count). The molecular formula is C22H17FN2O4S. The molecule has 8 heteroatoms. The Labute approximate surface area is 175 Å². The van der Waals surface area contributed by atoms with Crippen LogP contribution in [0.15, 0.2) is 65.7 Å².